The van der Waals surface area contributed by atoms with Crippen LogP contribution in [0.15, 0.2) is 24.3 Å². The molecule has 4 unspecified atom stereocenters. The summed E-state index contributed by atoms with van der Waals surface area (Å²) < 4.78 is 22.0. The van der Waals surface area contributed by atoms with Gasteiger partial charge in [-0.3, -0.25) is 13.8 Å². The van der Waals surface area contributed by atoms with Crippen molar-refractivity contribution in [2.45, 2.75) is 193 Å². The Labute approximate surface area is 294 Å². The largest absolute Gasteiger partial charge is 0.472 e. The summed E-state index contributed by atoms with van der Waals surface area (Å²) in [5.74, 6) is -0.462. The standard InChI is InChI=1S/C38H75N2O7P/c1-3-5-7-9-11-13-14-15-16-17-18-19-20-21-22-24-26-28-30-37(42)36(34-47-48(44,45)46-32-31-39)40-38(43)33-35(41)29-27-25-23-12-10-8-6-4-2/h10,12,28,30,35-37,41-42H,3-9,11,13-27,29,31-34,39H2,1-2H3,(H,40,43)(H,44,45)/b12-10-,30-28+. The Bertz CT molecular complexity index is 827. The number of hydrogen-bond acceptors (Lipinski definition) is 7. The number of carbonyl (C=O) groups excluding carboxylic acids is 1. The minimum Gasteiger partial charge on any atom is -0.393 e. The number of nitrogens with one attached hydrogen (secondary N) is 1. The zero-order valence-electron chi connectivity index (χ0n) is 30.8. The van der Waals surface area contributed by atoms with Crippen molar-refractivity contribution in [3.63, 3.8) is 0 Å². The van der Waals surface area contributed by atoms with Crippen LogP contribution in [0.3, 0.4) is 0 Å². The van der Waals surface area contributed by atoms with E-state index >= 15 is 0 Å². The molecule has 1 amide bonds. The SMILES string of the molecule is CCCC/C=C\CCCCC(O)CC(=O)NC(COP(=O)(O)OCCN)C(O)/C=C/CCCCCCCCCCCCCCCCCC. The monoisotopic (exact) mass is 703 g/mol. The van der Waals surface area contributed by atoms with Gasteiger partial charge >= 0.3 is 7.82 Å². The maximum atomic E-state index is 12.7. The number of phosphoric acid groups is 1. The fourth-order valence-corrected chi connectivity index (χ4v) is 6.33. The van der Waals surface area contributed by atoms with Crippen molar-refractivity contribution in [2.24, 2.45) is 5.73 Å². The molecule has 6 N–H and O–H groups in total. The van der Waals surface area contributed by atoms with E-state index in [-0.39, 0.29) is 19.6 Å². The molecule has 0 radical (unpaired) electrons. The molecular formula is C38H75N2O7P. The zero-order valence-corrected chi connectivity index (χ0v) is 31.7. The summed E-state index contributed by atoms with van der Waals surface area (Å²) in [5.41, 5.74) is 5.34. The molecule has 0 fully saturated rings. The Morgan fingerprint density at radius 2 is 1.19 bits per heavy atom. The molecule has 0 heterocycles. The number of rotatable bonds is 36. The van der Waals surface area contributed by atoms with Gasteiger partial charge in [-0.2, -0.15) is 0 Å². The zero-order chi connectivity index (χ0) is 35.6. The van der Waals surface area contributed by atoms with Crippen LogP contribution in [0, 0.1) is 0 Å². The molecule has 0 aliphatic carbocycles. The van der Waals surface area contributed by atoms with Gasteiger partial charge in [0.25, 0.3) is 0 Å². The van der Waals surface area contributed by atoms with Crippen LogP contribution in [0.4, 0.5) is 0 Å². The van der Waals surface area contributed by atoms with E-state index < -0.39 is 38.6 Å². The third kappa shape index (κ3) is 32.2. The molecule has 284 valence electrons. The van der Waals surface area contributed by atoms with Gasteiger partial charge in [0, 0.05) is 6.54 Å². The van der Waals surface area contributed by atoms with Crippen LogP contribution in [0.1, 0.15) is 174 Å². The smallest absolute Gasteiger partial charge is 0.393 e. The van der Waals surface area contributed by atoms with E-state index in [0.717, 1.165) is 44.9 Å². The highest BCUT2D eigenvalue weighted by molar-refractivity contribution is 7.47. The number of phosphoric ester groups is 1. The summed E-state index contributed by atoms with van der Waals surface area (Å²) in [4.78, 5) is 22.6. The summed E-state index contributed by atoms with van der Waals surface area (Å²) in [6.07, 6.45) is 34.2. The van der Waals surface area contributed by atoms with E-state index in [1.807, 2.05) is 6.08 Å². The molecule has 4 atom stereocenters. The number of allylic oxidation sites excluding steroid dienone is 3. The van der Waals surface area contributed by atoms with Crippen molar-refractivity contribution < 1.29 is 33.5 Å². The van der Waals surface area contributed by atoms with Gasteiger partial charge in [0.1, 0.15) is 0 Å². The van der Waals surface area contributed by atoms with Crippen molar-refractivity contribution in [1.29, 1.82) is 0 Å². The molecule has 0 aromatic heterocycles. The van der Waals surface area contributed by atoms with Crippen LogP contribution in [-0.2, 0) is 18.4 Å². The average Bonchev–Trinajstić information content (AvgIpc) is 3.06. The number of amides is 1. The second-order valence-corrected chi connectivity index (χ2v) is 14.8. The van der Waals surface area contributed by atoms with E-state index in [4.69, 9.17) is 14.8 Å². The molecular weight excluding hydrogens is 627 g/mol. The normalized spacial score (nSPS) is 15.2. The molecule has 0 bridgehead atoms. The first-order valence-corrected chi connectivity index (χ1v) is 21.0. The lowest BCUT2D eigenvalue weighted by atomic mass is 10.0. The Hall–Kier alpha value is -1.06. The Kier molecular flexibility index (Phi) is 33.6. The second-order valence-electron chi connectivity index (χ2n) is 13.3. The van der Waals surface area contributed by atoms with Crippen molar-refractivity contribution >= 4 is 13.7 Å². The number of nitrogens with two attached hydrogens (primary N) is 1. The van der Waals surface area contributed by atoms with Crippen molar-refractivity contribution in [3.05, 3.63) is 24.3 Å². The van der Waals surface area contributed by atoms with Crippen LogP contribution < -0.4 is 11.1 Å². The summed E-state index contributed by atoms with van der Waals surface area (Å²) in [6.45, 7) is 3.89. The molecule has 0 aromatic carbocycles. The van der Waals surface area contributed by atoms with E-state index in [9.17, 15) is 24.5 Å². The van der Waals surface area contributed by atoms with Crippen molar-refractivity contribution in [1.82, 2.24) is 5.32 Å². The lowest BCUT2D eigenvalue weighted by Crippen LogP contribution is -2.46. The van der Waals surface area contributed by atoms with E-state index in [1.54, 1.807) is 6.08 Å². The number of aliphatic hydroxyl groups excluding tert-OH is 2. The first-order valence-electron chi connectivity index (χ1n) is 19.5. The van der Waals surface area contributed by atoms with Gasteiger partial charge in [-0.15, -0.1) is 0 Å². The van der Waals surface area contributed by atoms with Gasteiger partial charge in [-0.05, 0) is 38.5 Å². The van der Waals surface area contributed by atoms with Crippen LogP contribution in [0.2, 0.25) is 0 Å². The van der Waals surface area contributed by atoms with E-state index in [1.165, 1.54) is 103 Å². The molecule has 0 aliphatic heterocycles. The summed E-state index contributed by atoms with van der Waals surface area (Å²) in [5, 5.41) is 23.8. The number of unbranched alkanes of at least 4 members (excludes halogenated alkanes) is 20. The minimum atomic E-state index is -4.39. The van der Waals surface area contributed by atoms with Crippen LogP contribution in [0.25, 0.3) is 0 Å². The van der Waals surface area contributed by atoms with Gasteiger partial charge in [0.05, 0.1) is 37.9 Å². The molecule has 0 saturated carbocycles. The highest BCUT2D eigenvalue weighted by atomic mass is 31.2. The van der Waals surface area contributed by atoms with Crippen molar-refractivity contribution in [2.75, 3.05) is 19.8 Å². The maximum Gasteiger partial charge on any atom is 0.472 e. The van der Waals surface area contributed by atoms with Gasteiger partial charge in [-0.1, -0.05) is 154 Å². The van der Waals surface area contributed by atoms with E-state index in [0.29, 0.717) is 6.42 Å². The van der Waals surface area contributed by atoms with Crippen LogP contribution in [-0.4, -0.2) is 59.0 Å². The minimum absolute atomic E-state index is 0.0474. The highest BCUT2D eigenvalue weighted by Gasteiger charge is 2.27. The third-order valence-electron chi connectivity index (χ3n) is 8.58. The highest BCUT2D eigenvalue weighted by Crippen LogP contribution is 2.43. The first kappa shape index (κ1) is 46.9. The van der Waals surface area contributed by atoms with Gasteiger partial charge < -0.3 is 26.2 Å². The molecule has 0 saturated heterocycles. The molecule has 0 rings (SSSR count). The lowest BCUT2D eigenvalue weighted by Gasteiger charge is -2.24. The predicted octanol–water partition coefficient (Wildman–Crippen LogP) is 9.19. The second kappa shape index (κ2) is 34.4. The summed E-state index contributed by atoms with van der Waals surface area (Å²) in [6, 6.07) is -0.984. The molecule has 0 aromatic rings. The maximum absolute atomic E-state index is 12.7. The topological polar surface area (TPSA) is 151 Å². The number of aliphatic hydroxyl groups is 2. The van der Waals surface area contributed by atoms with Gasteiger partial charge in [0.2, 0.25) is 5.91 Å². The molecule has 10 heteroatoms. The number of hydrogen-bond donors (Lipinski definition) is 5. The number of carbonyl (C=O) groups is 1. The molecule has 9 nitrogen and oxygen atoms in total. The van der Waals surface area contributed by atoms with Crippen molar-refractivity contribution in [3.8, 4) is 0 Å². The first-order chi connectivity index (χ1) is 23.3. The lowest BCUT2D eigenvalue weighted by molar-refractivity contribution is -0.124. The summed E-state index contributed by atoms with van der Waals surface area (Å²) >= 11 is 0. The Morgan fingerprint density at radius 1 is 0.708 bits per heavy atom. The van der Waals surface area contributed by atoms with Crippen LogP contribution >= 0.6 is 7.82 Å². The molecule has 0 aliphatic rings. The molecule has 0 spiro atoms. The third-order valence-corrected chi connectivity index (χ3v) is 9.56. The quantitative estimate of drug-likeness (QED) is 0.0246. The fraction of sp³-hybridized carbons (Fsp3) is 0.868. The molecule has 48 heavy (non-hydrogen) atoms. The van der Waals surface area contributed by atoms with E-state index in [2.05, 4.69) is 31.3 Å². The summed E-state index contributed by atoms with van der Waals surface area (Å²) in [7, 11) is -4.39. The predicted molar refractivity (Wildman–Crippen MR) is 200 cm³/mol. The fourth-order valence-electron chi connectivity index (χ4n) is 5.57. The Morgan fingerprint density at radius 3 is 1.73 bits per heavy atom. The van der Waals surface area contributed by atoms with Gasteiger partial charge in [-0.25, -0.2) is 4.57 Å². The average molecular weight is 703 g/mol. The van der Waals surface area contributed by atoms with Gasteiger partial charge in [0.15, 0.2) is 0 Å². The Balaban J connectivity index is 4.37. The van der Waals surface area contributed by atoms with Crippen LogP contribution in [0.5, 0.6) is 0 Å².